The quantitative estimate of drug-likeness (QED) is 0.265. The van der Waals surface area contributed by atoms with Crippen LogP contribution in [-0.4, -0.2) is 36.8 Å². The number of benzene rings is 2. The number of nitrogens with zero attached hydrogens (tertiary/aromatic N) is 2. The number of carbonyl (C=O) groups is 4. The molecule has 2 aromatic rings. The number of ether oxygens (including phenoxy) is 2. The van der Waals surface area contributed by atoms with Crippen LogP contribution in [0.5, 0.6) is 11.5 Å². The highest BCUT2D eigenvalue weighted by molar-refractivity contribution is 6.22. The zero-order valence-corrected chi connectivity index (χ0v) is 20.3. The lowest BCUT2D eigenvalue weighted by Gasteiger charge is -2.18. The molecular formula is C28H28N2O6. The van der Waals surface area contributed by atoms with E-state index in [2.05, 4.69) is 0 Å². The first-order chi connectivity index (χ1) is 17.4. The Hall–Kier alpha value is -3.94. The maximum absolute atomic E-state index is 13.0. The summed E-state index contributed by atoms with van der Waals surface area (Å²) in [5.41, 5.74) is 2.20. The predicted octanol–water partition coefficient (Wildman–Crippen LogP) is 3.89. The standard InChI is InChI=1S/C28H28N2O6/c1-3-35-21-10-8-19(9-11-21)29-16-18(14-25(29)31)28(34)36-22-6-4-5-20(15-22)30-26(32)23-12-7-17(2)13-24(23)27(30)33/h4-11,15,18,23-24H,3,12-14,16H2,1-2H3/t18-,23-,24-/m0/s1. The van der Waals surface area contributed by atoms with Crippen LogP contribution in [0.2, 0.25) is 0 Å². The Morgan fingerprint density at radius 1 is 0.944 bits per heavy atom. The normalized spacial score (nSPS) is 23.6. The molecule has 3 aliphatic rings. The van der Waals surface area contributed by atoms with Gasteiger partial charge in [0.15, 0.2) is 0 Å². The maximum Gasteiger partial charge on any atom is 0.316 e. The van der Waals surface area contributed by atoms with Gasteiger partial charge in [-0.3, -0.25) is 19.2 Å². The lowest BCUT2D eigenvalue weighted by atomic mass is 9.82. The van der Waals surface area contributed by atoms with Crippen LogP contribution in [0.25, 0.3) is 0 Å². The summed E-state index contributed by atoms with van der Waals surface area (Å²) < 4.78 is 11.0. The average Bonchev–Trinajstić information content (AvgIpc) is 3.37. The van der Waals surface area contributed by atoms with E-state index < -0.39 is 11.9 Å². The van der Waals surface area contributed by atoms with Crippen molar-refractivity contribution in [3.8, 4) is 11.5 Å². The van der Waals surface area contributed by atoms with E-state index >= 15 is 0 Å². The minimum Gasteiger partial charge on any atom is -0.494 e. The first-order valence-electron chi connectivity index (χ1n) is 12.2. The highest BCUT2D eigenvalue weighted by Gasteiger charge is 2.48. The molecule has 186 valence electrons. The smallest absolute Gasteiger partial charge is 0.316 e. The molecule has 0 aromatic heterocycles. The van der Waals surface area contributed by atoms with Gasteiger partial charge < -0.3 is 14.4 Å². The molecule has 0 N–H and O–H groups in total. The molecule has 5 rings (SSSR count). The van der Waals surface area contributed by atoms with Gasteiger partial charge in [-0.15, -0.1) is 0 Å². The minimum atomic E-state index is -0.625. The Labute approximate surface area is 209 Å². The lowest BCUT2D eigenvalue weighted by Crippen LogP contribution is -2.31. The number of imide groups is 1. The maximum atomic E-state index is 13.0. The van der Waals surface area contributed by atoms with Crippen molar-refractivity contribution in [3.05, 3.63) is 60.2 Å². The van der Waals surface area contributed by atoms with Gasteiger partial charge in [0.1, 0.15) is 11.5 Å². The molecule has 0 saturated carbocycles. The molecule has 0 bridgehead atoms. The molecule has 2 aliphatic heterocycles. The molecule has 1 aliphatic carbocycles. The number of rotatable bonds is 6. The van der Waals surface area contributed by atoms with E-state index in [1.54, 1.807) is 47.4 Å². The number of esters is 1. The van der Waals surface area contributed by atoms with Gasteiger partial charge in [-0.05, 0) is 63.1 Å². The van der Waals surface area contributed by atoms with Crippen molar-refractivity contribution in [2.24, 2.45) is 17.8 Å². The van der Waals surface area contributed by atoms with E-state index in [4.69, 9.17) is 9.47 Å². The number of allylic oxidation sites excluding steroid dienone is 2. The summed E-state index contributed by atoms with van der Waals surface area (Å²) in [5.74, 6) is -1.48. The van der Waals surface area contributed by atoms with Gasteiger partial charge in [-0.25, -0.2) is 4.90 Å². The second-order valence-electron chi connectivity index (χ2n) is 9.47. The molecule has 2 aromatic carbocycles. The van der Waals surface area contributed by atoms with Gasteiger partial charge in [0.25, 0.3) is 0 Å². The summed E-state index contributed by atoms with van der Waals surface area (Å²) in [6.07, 6.45) is 3.21. The molecule has 2 heterocycles. The van der Waals surface area contributed by atoms with E-state index in [-0.39, 0.29) is 48.3 Å². The fourth-order valence-corrected chi connectivity index (χ4v) is 5.18. The lowest BCUT2D eigenvalue weighted by molar-refractivity contribution is -0.139. The third-order valence-corrected chi connectivity index (χ3v) is 7.04. The van der Waals surface area contributed by atoms with Crippen LogP contribution in [0.1, 0.15) is 33.1 Å². The van der Waals surface area contributed by atoms with Gasteiger partial charge in [0, 0.05) is 24.7 Å². The second kappa shape index (κ2) is 9.60. The summed E-state index contributed by atoms with van der Waals surface area (Å²) in [7, 11) is 0. The number of anilines is 2. The van der Waals surface area contributed by atoms with Gasteiger partial charge in [-0.2, -0.15) is 0 Å². The van der Waals surface area contributed by atoms with Crippen LogP contribution < -0.4 is 19.3 Å². The van der Waals surface area contributed by atoms with Crippen LogP contribution in [-0.2, 0) is 19.2 Å². The predicted molar refractivity (Wildman–Crippen MR) is 133 cm³/mol. The highest BCUT2D eigenvalue weighted by atomic mass is 16.5. The summed E-state index contributed by atoms with van der Waals surface area (Å²) >= 11 is 0. The number of amides is 3. The van der Waals surface area contributed by atoms with Crippen LogP contribution >= 0.6 is 0 Å². The van der Waals surface area contributed by atoms with E-state index in [9.17, 15) is 19.2 Å². The Bertz CT molecular complexity index is 1250. The van der Waals surface area contributed by atoms with Crippen molar-refractivity contribution in [2.45, 2.75) is 33.1 Å². The molecule has 2 saturated heterocycles. The third kappa shape index (κ3) is 4.39. The Balaban J connectivity index is 1.26. The van der Waals surface area contributed by atoms with Gasteiger partial charge in [0.05, 0.1) is 30.0 Å². The molecule has 36 heavy (non-hydrogen) atoms. The molecular weight excluding hydrogens is 460 g/mol. The molecule has 2 fully saturated rings. The van der Waals surface area contributed by atoms with Crippen molar-refractivity contribution < 1.29 is 28.7 Å². The van der Waals surface area contributed by atoms with Crippen LogP contribution in [0, 0.1) is 17.8 Å². The molecule has 3 atom stereocenters. The van der Waals surface area contributed by atoms with Crippen LogP contribution in [0.4, 0.5) is 11.4 Å². The van der Waals surface area contributed by atoms with Crippen molar-refractivity contribution in [1.29, 1.82) is 0 Å². The SMILES string of the molecule is CCOc1ccc(N2C[C@@H](C(=O)Oc3cccc(N4C(=O)[C@H]5CC=C(C)C[C@@H]5C4=O)c3)CC2=O)cc1. The Morgan fingerprint density at radius 3 is 2.44 bits per heavy atom. The molecule has 8 heteroatoms. The molecule has 0 radical (unpaired) electrons. The van der Waals surface area contributed by atoms with Crippen molar-refractivity contribution >= 4 is 35.1 Å². The van der Waals surface area contributed by atoms with Crippen molar-refractivity contribution in [3.63, 3.8) is 0 Å². The molecule has 0 spiro atoms. The molecule has 3 amide bonds. The molecule has 0 unspecified atom stereocenters. The van der Waals surface area contributed by atoms with E-state index in [0.29, 0.717) is 36.6 Å². The highest BCUT2D eigenvalue weighted by Crippen LogP contribution is 2.40. The topological polar surface area (TPSA) is 93.2 Å². The minimum absolute atomic E-state index is 0.0462. The number of hydrogen-bond donors (Lipinski definition) is 0. The summed E-state index contributed by atoms with van der Waals surface area (Å²) in [6, 6.07) is 13.6. The van der Waals surface area contributed by atoms with Crippen molar-refractivity contribution in [2.75, 3.05) is 23.0 Å². The first kappa shape index (κ1) is 23.8. The molecule has 8 nitrogen and oxygen atoms in total. The number of hydrogen-bond acceptors (Lipinski definition) is 6. The number of carbonyl (C=O) groups excluding carboxylic acids is 4. The Kier molecular flexibility index (Phi) is 6.35. The van der Waals surface area contributed by atoms with E-state index in [1.165, 1.54) is 11.0 Å². The zero-order valence-electron chi connectivity index (χ0n) is 20.3. The van der Waals surface area contributed by atoms with E-state index in [0.717, 1.165) is 5.57 Å². The summed E-state index contributed by atoms with van der Waals surface area (Å²) in [5, 5.41) is 0. The Morgan fingerprint density at radius 2 is 1.69 bits per heavy atom. The van der Waals surface area contributed by atoms with Crippen LogP contribution in [0.3, 0.4) is 0 Å². The van der Waals surface area contributed by atoms with Gasteiger partial charge in [0.2, 0.25) is 17.7 Å². The zero-order chi connectivity index (χ0) is 25.4. The summed E-state index contributed by atoms with van der Waals surface area (Å²) in [6.45, 7) is 4.64. The van der Waals surface area contributed by atoms with Gasteiger partial charge >= 0.3 is 5.97 Å². The van der Waals surface area contributed by atoms with E-state index in [1.807, 2.05) is 19.9 Å². The monoisotopic (exact) mass is 488 g/mol. The fourth-order valence-electron chi connectivity index (χ4n) is 5.18. The second-order valence-corrected chi connectivity index (χ2v) is 9.47. The third-order valence-electron chi connectivity index (χ3n) is 7.04. The number of fused-ring (bicyclic) bond motifs is 1. The van der Waals surface area contributed by atoms with Crippen LogP contribution in [0.15, 0.2) is 60.2 Å². The average molecular weight is 489 g/mol. The first-order valence-corrected chi connectivity index (χ1v) is 12.2. The van der Waals surface area contributed by atoms with Gasteiger partial charge in [-0.1, -0.05) is 17.7 Å². The summed E-state index contributed by atoms with van der Waals surface area (Å²) in [4.78, 5) is 54.3. The largest absolute Gasteiger partial charge is 0.494 e. The van der Waals surface area contributed by atoms with Crippen molar-refractivity contribution in [1.82, 2.24) is 0 Å². The fraction of sp³-hybridized carbons (Fsp3) is 0.357.